The summed E-state index contributed by atoms with van der Waals surface area (Å²) in [5, 5.41) is 3.19. The van der Waals surface area contributed by atoms with Crippen molar-refractivity contribution < 1.29 is 19.1 Å². The predicted molar refractivity (Wildman–Crippen MR) is 151 cm³/mol. The molecule has 1 amide bonds. The van der Waals surface area contributed by atoms with Gasteiger partial charge in [-0.2, -0.15) is 0 Å². The minimum absolute atomic E-state index is 0.0412. The molecular weight excluding hydrogens is 500 g/mol. The van der Waals surface area contributed by atoms with Crippen molar-refractivity contribution >= 4 is 17.4 Å². The number of Topliss-reactive ketones (excluding diaryl/α,β-unsaturated/α-hetero) is 1. The smallest absolute Gasteiger partial charge is 0.250 e. The summed E-state index contributed by atoms with van der Waals surface area (Å²) in [6, 6.07) is 31.6. The number of nitrogens with one attached hydrogen (secondary N) is 1. The van der Waals surface area contributed by atoms with Crippen molar-refractivity contribution in [2.75, 3.05) is 19.0 Å². The second-order valence-electron chi connectivity index (χ2n) is 11.2. The first-order valence-electron chi connectivity index (χ1n) is 13.7. The average Bonchev–Trinajstić information content (AvgIpc) is 3.44. The van der Waals surface area contributed by atoms with E-state index in [0.29, 0.717) is 17.9 Å². The number of methoxy groups -OCH3 is 1. The third-order valence-corrected chi connectivity index (χ3v) is 9.64. The summed E-state index contributed by atoms with van der Waals surface area (Å²) in [7, 11) is 1.65. The summed E-state index contributed by atoms with van der Waals surface area (Å²) in [6.07, 6.45) is 0.723. The van der Waals surface area contributed by atoms with Crippen LogP contribution in [-0.2, 0) is 23.3 Å². The highest BCUT2D eigenvalue weighted by Crippen LogP contribution is 2.68. The molecule has 0 aliphatic carbocycles. The number of ether oxygens (including phenoxy) is 2. The highest BCUT2D eigenvalue weighted by molar-refractivity contribution is 6.15. The molecule has 2 spiro atoms. The molecule has 4 aliphatic heterocycles. The molecule has 1 fully saturated rings. The number of nitrogens with zero attached hydrogens (tertiary/aromatic N) is 1. The van der Waals surface area contributed by atoms with Crippen LogP contribution in [0.3, 0.4) is 0 Å². The van der Waals surface area contributed by atoms with Crippen LogP contribution < -0.4 is 14.8 Å². The lowest BCUT2D eigenvalue weighted by atomic mass is 9.56. The second kappa shape index (κ2) is 8.29. The molecule has 4 aromatic carbocycles. The van der Waals surface area contributed by atoms with Crippen LogP contribution in [-0.4, -0.2) is 36.3 Å². The summed E-state index contributed by atoms with van der Waals surface area (Å²) < 4.78 is 12.0. The maximum absolute atomic E-state index is 15.2. The van der Waals surface area contributed by atoms with Gasteiger partial charge in [0.1, 0.15) is 29.1 Å². The van der Waals surface area contributed by atoms with Crippen molar-refractivity contribution in [3.8, 4) is 11.5 Å². The first kappa shape index (κ1) is 23.5. The molecule has 1 N–H and O–H groups in total. The molecule has 0 unspecified atom stereocenters. The Morgan fingerprint density at radius 2 is 1.60 bits per heavy atom. The van der Waals surface area contributed by atoms with Crippen molar-refractivity contribution in [3.05, 3.63) is 125 Å². The summed E-state index contributed by atoms with van der Waals surface area (Å²) in [4.78, 5) is 32.1. The van der Waals surface area contributed by atoms with Crippen LogP contribution in [0.25, 0.3) is 0 Å². The molecule has 40 heavy (non-hydrogen) atoms. The highest BCUT2D eigenvalue weighted by Gasteiger charge is 2.78. The Hall–Kier alpha value is -4.42. The van der Waals surface area contributed by atoms with Gasteiger partial charge in [-0.3, -0.25) is 14.5 Å². The van der Waals surface area contributed by atoms with Gasteiger partial charge in [0, 0.05) is 29.8 Å². The topological polar surface area (TPSA) is 67.9 Å². The standard InChI is InChI=1S/C34H28N2O4/c1-39-24-16-14-21(15-17-24)30-28-18-22-8-2-3-9-23(22)19-36(28)34(26-11-5-6-12-27(26)35-32(34)38)33(30)20-40-29-13-7-4-10-25(29)31(33)37/h2-17,28,30H,18-20H2,1H3,(H,35,38)/t28-,30-,33-,34-/m0/s1. The molecule has 0 bridgehead atoms. The van der Waals surface area contributed by atoms with E-state index >= 15 is 4.79 Å². The monoisotopic (exact) mass is 528 g/mol. The van der Waals surface area contributed by atoms with Gasteiger partial charge >= 0.3 is 0 Å². The molecule has 198 valence electrons. The number of benzene rings is 4. The Morgan fingerprint density at radius 3 is 2.42 bits per heavy atom. The molecule has 0 saturated carbocycles. The van der Waals surface area contributed by atoms with Crippen molar-refractivity contribution in [1.82, 2.24) is 4.90 Å². The number of rotatable bonds is 2. The van der Waals surface area contributed by atoms with E-state index in [1.54, 1.807) is 7.11 Å². The van der Waals surface area contributed by atoms with E-state index in [-0.39, 0.29) is 30.3 Å². The van der Waals surface area contributed by atoms with E-state index in [0.717, 1.165) is 29.0 Å². The van der Waals surface area contributed by atoms with Crippen LogP contribution in [0.4, 0.5) is 5.69 Å². The van der Waals surface area contributed by atoms with E-state index in [9.17, 15) is 4.79 Å². The molecule has 0 radical (unpaired) electrons. The first-order chi connectivity index (χ1) is 19.6. The maximum atomic E-state index is 15.2. The lowest BCUT2D eigenvalue weighted by Crippen LogP contribution is -2.63. The first-order valence-corrected chi connectivity index (χ1v) is 13.7. The zero-order chi connectivity index (χ0) is 27.1. The normalized spacial score (nSPS) is 27.9. The summed E-state index contributed by atoms with van der Waals surface area (Å²) in [6.45, 7) is 0.663. The molecular formula is C34H28N2O4. The third-order valence-electron chi connectivity index (χ3n) is 9.64. The van der Waals surface area contributed by atoms with Crippen molar-refractivity contribution in [3.63, 3.8) is 0 Å². The molecule has 4 heterocycles. The number of carbonyl (C=O) groups is 2. The molecule has 1 saturated heterocycles. The Morgan fingerprint density at radius 1 is 0.875 bits per heavy atom. The number of ketones is 1. The van der Waals surface area contributed by atoms with Gasteiger partial charge < -0.3 is 14.8 Å². The Labute approximate surface area is 232 Å². The highest BCUT2D eigenvalue weighted by atomic mass is 16.5. The van der Waals surface area contributed by atoms with Crippen molar-refractivity contribution in [2.45, 2.75) is 30.5 Å². The Kier molecular flexibility index (Phi) is 4.86. The molecule has 4 atom stereocenters. The van der Waals surface area contributed by atoms with E-state index in [1.165, 1.54) is 11.1 Å². The van der Waals surface area contributed by atoms with Crippen LogP contribution >= 0.6 is 0 Å². The second-order valence-corrected chi connectivity index (χ2v) is 11.2. The van der Waals surface area contributed by atoms with Crippen LogP contribution in [0.2, 0.25) is 0 Å². The summed E-state index contributed by atoms with van der Waals surface area (Å²) >= 11 is 0. The van der Waals surface area contributed by atoms with Crippen molar-refractivity contribution in [1.29, 1.82) is 0 Å². The number of amides is 1. The zero-order valence-corrected chi connectivity index (χ0v) is 22.1. The fourth-order valence-electron chi connectivity index (χ4n) is 8.09. The predicted octanol–water partition coefficient (Wildman–Crippen LogP) is 5.33. The minimum Gasteiger partial charge on any atom is -0.497 e. The number of carbonyl (C=O) groups excluding carboxylic acids is 2. The number of anilines is 1. The molecule has 4 aromatic rings. The third kappa shape index (κ3) is 2.76. The van der Waals surface area contributed by atoms with E-state index in [4.69, 9.17) is 9.47 Å². The van der Waals surface area contributed by atoms with Gasteiger partial charge in [0.2, 0.25) is 0 Å². The fraction of sp³-hybridized carbons (Fsp3) is 0.235. The summed E-state index contributed by atoms with van der Waals surface area (Å²) in [5.41, 5.74) is 3.11. The number of fused-ring (bicyclic) bond motifs is 7. The number of hydrogen-bond acceptors (Lipinski definition) is 5. The molecule has 8 rings (SSSR count). The quantitative estimate of drug-likeness (QED) is 0.381. The lowest BCUT2D eigenvalue weighted by Gasteiger charge is -2.48. The zero-order valence-electron chi connectivity index (χ0n) is 22.1. The fourth-order valence-corrected chi connectivity index (χ4v) is 8.09. The average molecular weight is 529 g/mol. The number of hydrogen-bond donors (Lipinski definition) is 1. The lowest BCUT2D eigenvalue weighted by molar-refractivity contribution is -0.134. The Balaban J connectivity index is 1.47. The van der Waals surface area contributed by atoms with Gasteiger partial charge in [0.25, 0.3) is 5.91 Å². The number of para-hydroxylation sites is 2. The van der Waals surface area contributed by atoms with Gasteiger partial charge in [-0.1, -0.05) is 66.7 Å². The van der Waals surface area contributed by atoms with Crippen LogP contribution in [0.1, 0.15) is 38.5 Å². The van der Waals surface area contributed by atoms with E-state index in [2.05, 4.69) is 40.5 Å². The van der Waals surface area contributed by atoms with Gasteiger partial charge in [-0.25, -0.2) is 0 Å². The van der Waals surface area contributed by atoms with Gasteiger partial charge in [0.05, 0.1) is 12.7 Å². The van der Waals surface area contributed by atoms with Gasteiger partial charge in [0.15, 0.2) is 5.78 Å². The van der Waals surface area contributed by atoms with Crippen LogP contribution in [0.15, 0.2) is 97.1 Å². The van der Waals surface area contributed by atoms with Crippen LogP contribution in [0, 0.1) is 5.41 Å². The van der Waals surface area contributed by atoms with Crippen molar-refractivity contribution in [2.24, 2.45) is 5.41 Å². The molecule has 6 heteroatoms. The van der Waals surface area contributed by atoms with E-state index < -0.39 is 11.0 Å². The molecule has 0 aromatic heterocycles. The van der Waals surface area contributed by atoms with Gasteiger partial charge in [-0.15, -0.1) is 0 Å². The molecule has 4 aliphatic rings. The van der Waals surface area contributed by atoms with Crippen LogP contribution in [0.5, 0.6) is 11.5 Å². The summed E-state index contributed by atoms with van der Waals surface area (Å²) in [5.74, 6) is 0.800. The SMILES string of the molecule is COc1ccc([C@H]2[C@@H]3Cc4ccccc4CN3[C@@]3(C(=O)Nc4ccccc43)[C@@]23COc2ccccc2C3=O)cc1. The minimum atomic E-state index is -1.25. The molecule has 6 nitrogen and oxygen atoms in total. The van der Waals surface area contributed by atoms with Gasteiger partial charge in [-0.05, 0) is 53.4 Å². The Bertz CT molecular complexity index is 1700. The maximum Gasteiger partial charge on any atom is 0.250 e. The van der Waals surface area contributed by atoms with E-state index in [1.807, 2.05) is 66.7 Å². The largest absolute Gasteiger partial charge is 0.497 e.